The van der Waals surface area contributed by atoms with Gasteiger partial charge in [0.1, 0.15) is 5.82 Å². The van der Waals surface area contributed by atoms with Gasteiger partial charge in [0.15, 0.2) is 18.1 Å². The van der Waals surface area contributed by atoms with Gasteiger partial charge in [-0.1, -0.05) is 41.6 Å². The monoisotopic (exact) mass is 362 g/mol. The first-order chi connectivity index (χ1) is 13.2. The maximum absolute atomic E-state index is 13.2. The van der Waals surface area contributed by atoms with Crippen LogP contribution in [0.5, 0.6) is 11.5 Å². The number of carbonyl (C=O) groups is 1. The van der Waals surface area contributed by atoms with Crippen molar-refractivity contribution in [2.75, 3.05) is 11.5 Å². The van der Waals surface area contributed by atoms with Gasteiger partial charge in [-0.15, -0.1) is 0 Å². The second-order valence-electron chi connectivity index (χ2n) is 5.83. The molecule has 0 spiro atoms. The number of para-hydroxylation sites is 4. The molecular formula is C21H15FN2O3. The van der Waals surface area contributed by atoms with E-state index in [0.717, 1.165) is 0 Å². The fourth-order valence-electron chi connectivity index (χ4n) is 2.82. The second kappa shape index (κ2) is 7.29. The summed E-state index contributed by atoms with van der Waals surface area (Å²) < 4.78 is 19.0. The molecule has 5 nitrogen and oxygen atoms in total. The van der Waals surface area contributed by atoms with E-state index in [0.29, 0.717) is 28.4 Å². The van der Waals surface area contributed by atoms with Gasteiger partial charge >= 0.3 is 0 Å². The third-order valence-electron chi connectivity index (χ3n) is 3.99. The van der Waals surface area contributed by atoms with Crippen molar-refractivity contribution in [2.24, 2.45) is 5.16 Å². The Hall–Kier alpha value is -3.67. The van der Waals surface area contributed by atoms with Crippen molar-refractivity contribution >= 4 is 23.5 Å². The van der Waals surface area contributed by atoms with E-state index in [-0.39, 0.29) is 18.3 Å². The first-order valence-corrected chi connectivity index (χ1v) is 8.32. The number of ether oxygens (including phenoxy) is 1. The lowest BCUT2D eigenvalue weighted by atomic mass is 10.1. The predicted octanol–water partition coefficient (Wildman–Crippen LogP) is 4.65. The number of oxime groups is 1. The minimum Gasteiger partial charge on any atom is -0.453 e. The van der Waals surface area contributed by atoms with Gasteiger partial charge in [-0.25, -0.2) is 4.39 Å². The molecule has 0 saturated carbocycles. The summed E-state index contributed by atoms with van der Waals surface area (Å²) in [7, 11) is 0. The van der Waals surface area contributed by atoms with Gasteiger partial charge in [-0.05, 0) is 42.0 Å². The molecule has 4 rings (SSSR count). The molecule has 0 aliphatic carbocycles. The maximum Gasteiger partial charge on any atom is 0.272 e. The number of rotatable bonds is 4. The van der Waals surface area contributed by atoms with Crippen LogP contribution in [0.1, 0.15) is 5.56 Å². The quantitative estimate of drug-likeness (QED) is 0.502. The first-order valence-electron chi connectivity index (χ1n) is 8.32. The number of hydrogen-bond donors (Lipinski definition) is 0. The number of benzene rings is 3. The molecule has 0 aromatic heterocycles. The lowest BCUT2D eigenvalue weighted by Gasteiger charge is -2.30. The summed E-state index contributed by atoms with van der Waals surface area (Å²) in [6.45, 7) is -0.269. The van der Waals surface area contributed by atoms with Crippen LogP contribution in [-0.2, 0) is 9.63 Å². The number of halogens is 1. The molecule has 1 amide bonds. The Morgan fingerprint density at radius 2 is 1.67 bits per heavy atom. The molecule has 0 saturated heterocycles. The molecule has 6 heteroatoms. The van der Waals surface area contributed by atoms with Gasteiger partial charge in [-0.3, -0.25) is 9.69 Å². The number of fused-ring (bicyclic) bond motifs is 2. The smallest absolute Gasteiger partial charge is 0.272 e. The minimum absolute atomic E-state index is 0.269. The highest BCUT2D eigenvalue weighted by atomic mass is 19.1. The molecule has 0 N–H and O–H groups in total. The Morgan fingerprint density at radius 3 is 2.33 bits per heavy atom. The number of nitrogens with zero attached hydrogens (tertiary/aromatic N) is 2. The molecule has 27 heavy (non-hydrogen) atoms. The van der Waals surface area contributed by atoms with Gasteiger partial charge in [0, 0.05) is 0 Å². The number of carbonyl (C=O) groups excluding carboxylic acids is 1. The van der Waals surface area contributed by atoms with Crippen LogP contribution >= 0.6 is 0 Å². The van der Waals surface area contributed by atoms with Crippen LogP contribution in [0.3, 0.4) is 0 Å². The van der Waals surface area contributed by atoms with Crippen molar-refractivity contribution in [3.63, 3.8) is 0 Å². The first kappa shape index (κ1) is 16.8. The third kappa shape index (κ3) is 3.50. The molecule has 1 aliphatic heterocycles. The van der Waals surface area contributed by atoms with Crippen molar-refractivity contribution < 1.29 is 18.8 Å². The average molecular weight is 362 g/mol. The Morgan fingerprint density at radius 1 is 1.00 bits per heavy atom. The average Bonchev–Trinajstić information content (AvgIpc) is 2.69. The summed E-state index contributed by atoms with van der Waals surface area (Å²) in [5, 5.41) is 3.76. The topological polar surface area (TPSA) is 51.1 Å². The van der Waals surface area contributed by atoms with E-state index in [1.54, 1.807) is 41.3 Å². The van der Waals surface area contributed by atoms with E-state index >= 15 is 0 Å². The fraction of sp³-hybridized carbons (Fsp3) is 0.0476. The molecule has 0 fully saturated rings. The van der Waals surface area contributed by atoms with Crippen LogP contribution in [0, 0.1) is 5.82 Å². The van der Waals surface area contributed by atoms with Crippen LogP contribution in [0.15, 0.2) is 78.0 Å². The van der Waals surface area contributed by atoms with E-state index in [1.165, 1.54) is 18.3 Å². The summed E-state index contributed by atoms with van der Waals surface area (Å²) in [5.41, 5.74) is 1.82. The number of hydrogen-bond acceptors (Lipinski definition) is 4. The summed E-state index contributed by atoms with van der Waals surface area (Å²) in [5.74, 6) is 0.520. The molecule has 0 unspecified atom stereocenters. The van der Waals surface area contributed by atoms with Gasteiger partial charge in [0.05, 0.1) is 17.6 Å². The van der Waals surface area contributed by atoms with Crippen molar-refractivity contribution in [3.8, 4) is 11.5 Å². The van der Waals surface area contributed by atoms with Crippen LogP contribution in [0.4, 0.5) is 15.8 Å². The minimum atomic E-state index is -0.364. The van der Waals surface area contributed by atoms with E-state index in [4.69, 9.17) is 9.57 Å². The molecule has 0 radical (unpaired) electrons. The standard InChI is InChI=1S/C21H15FN2O3/c22-16-7-5-6-15(12-16)13-23-26-14-21(25)24-17-8-1-3-10-19(17)27-20-11-4-2-9-18(20)24/h1-13H,14H2/b23-13-. The zero-order valence-corrected chi connectivity index (χ0v) is 14.2. The van der Waals surface area contributed by atoms with Gasteiger partial charge in [0.2, 0.25) is 0 Å². The Bertz CT molecular complexity index is 974. The molecule has 0 bridgehead atoms. The highest BCUT2D eigenvalue weighted by molar-refractivity contribution is 6.05. The fourth-order valence-corrected chi connectivity index (χ4v) is 2.82. The molecule has 3 aromatic carbocycles. The Balaban J connectivity index is 1.52. The number of amides is 1. The molecule has 0 atom stereocenters. The zero-order valence-electron chi connectivity index (χ0n) is 14.2. The summed E-state index contributed by atoms with van der Waals surface area (Å²) in [6.07, 6.45) is 1.36. The van der Waals surface area contributed by atoms with Crippen molar-refractivity contribution in [1.82, 2.24) is 0 Å². The third-order valence-corrected chi connectivity index (χ3v) is 3.99. The van der Waals surface area contributed by atoms with E-state index < -0.39 is 0 Å². The summed E-state index contributed by atoms with van der Waals surface area (Å²) >= 11 is 0. The van der Waals surface area contributed by atoms with Gasteiger partial charge in [-0.2, -0.15) is 0 Å². The summed E-state index contributed by atoms with van der Waals surface area (Å²) in [6, 6.07) is 20.5. The molecule has 3 aromatic rings. The number of anilines is 2. The van der Waals surface area contributed by atoms with Crippen LogP contribution in [0.25, 0.3) is 0 Å². The normalized spacial score (nSPS) is 12.3. The van der Waals surface area contributed by atoms with Gasteiger partial charge in [0.25, 0.3) is 5.91 Å². The Kier molecular flexibility index (Phi) is 4.53. The van der Waals surface area contributed by atoms with E-state index in [9.17, 15) is 9.18 Å². The highest BCUT2D eigenvalue weighted by Gasteiger charge is 2.28. The molecule has 134 valence electrons. The maximum atomic E-state index is 13.2. The largest absolute Gasteiger partial charge is 0.453 e. The zero-order chi connectivity index (χ0) is 18.6. The molecule has 1 aliphatic rings. The van der Waals surface area contributed by atoms with Crippen molar-refractivity contribution in [2.45, 2.75) is 0 Å². The second-order valence-corrected chi connectivity index (χ2v) is 5.83. The Labute approximate surface area is 155 Å². The summed E-state index contributed by atoms with van der Waals surface area (Å²) in [4.78, 5) is 19.5. The molecular weight excluding hydrogens is 347 g/mol. The highest BCUT2D eigenvalue weighted by Crippen LogP contribution is 2.46. The predicted molar refractivity (Wildman–Crippen MR) is 100 cm³/mol. The van der Waals surface area contributed by atoms with E-state index in [2.05, 4.69) is 5.16 Å². The van der Waals surface area contributed by atoms with Crippen molar-refractivity contribution in [3.05, 3.63) is 84.2 Å². The SMILES string of the molecule is O=C(CO/N=C\c1cccc(F)c1)N1c2ccccc2Oc2ccccc21. The van der Waals surface area contributed by atoms with Crippen LogP contribution < -0.4 is 9.64 Å². The molecule has 1 heterocycles. The van der Waals surface area contributed by atoms with Crippen LogP contribution in [-0.4, -0.2) is 18.7 Å². The van der Waals surface area contributed by atoms with Crippen LogP contribution in [0.2, 0.25) is 0 Å². The van der Waals surface area contributed by atoms with E-state index in [1.807, 2.05) is 24.3 Å². The van der Waals surface area contributed by atoms with Crippen molar-refractivity contribution in [1.29, 1.82) is 0 Å². The van der Waals surface area contributed by atoms with Gasteiger partial charge < -0.3 is 9.57 Å². The lowest BCUT2D eigenvalue weighted by molar-refractivity contribution is -0.122. The lowest BCUT2D eigenvalue weighted by Crippen LogP contribution is -2.31.